The molecule has 1 rings (SSSR count). The topological polar surface area (TPSA) is 65.4 Å². The van der Waals surface area contributed by atoms with Gasteiger partial charge in [0.05, 0.1) is 19.5 Å². The summed E-state index contributed by atoms with van der Waals surface area (Å²) < 4.78 is 12.0. The number of rotatable bonds is 11. The summed E-state index contributed by atoms with van der Waals surface area (Å²) in [6, 6.07) is 0. The van der Waals surface area contributed by atoms with E-state index >= 15 is 0 Å². The Bertz CT molecular complexity index is 328. The minimum atomic E-state index is -0.303. The highest BCUT2D eigenvalue weighted by Crippen LogP contribution is 1.93. The van der Waals surface area contributed by atoms with Gasteiger partial charge in [0.15, 0.2) is 0 Å². The Morgan fingerprint density at radius 2 is 2.26 bits per heavy atom. The number of carbonyl (C=O) groups excluding carboxylic acids is 1. The number of ether oxygens (including phenoxy) is 2. The van der Waals surface area contributed by atoms with Crippen LogP contribution in [0.3, 0.4) is 0 Å². The lowest BCUT2D eigenvalue weighted by Crippen LogP contribution is -2.23. The SMILES string of the molecule is CCOC(=O)COCCNCCCCn1ccnc1. The van der Waals surface area contributed by atoms with Gasteiger partial charge in [-0.05, 0) is 26.3 Å². The summed E-state index contributed by atoms with van der Waals surface area (Å²) in [5, 5.41) is 3.27. The van der Waals surface area contributed by atoms with E-state index in [1.54, 1.807) is 13.1 Å². The van der Waals surface area contributed by atoms with Crippen molar-refractivity contribution in [2.45, 2.75) is 26.3 Å². The van der Waals surface area contributed by atoms with E-state index in [-0.39, 0.29) is 12.6 Å². The summed E-state index contributed by atoms with van der Waals surface area (Å²) in [6.45, 7) is 5.46. The Hall–Kier alpha value is -1.40. The summed E-state index contributed by atoms with van der Waals surface area (Å²) in [6.07, 6.45) is 7.82. The molecule has 1 heterocycles. The first kappa shape index (κ1) is 15.7. The normalized spacial score (nSPS) is 10.6. The zero-order valence-corrected chi connectivity index (χ0v) is 11.5. The molecule has 0 bridgehead atoms. The second-order valence-electron chi connectivity index (χ2n) is 4.12. The first-order chi connectivity index (χ1) is 9.33. The summed E-state index contributed by atoms with van der Waals surface area (Å²) in [5.41, 5.74) is 0. The molecule has 0 aliphatic heterocycles. The number of unbranched alkanes of at least 4 members (excludes halogenated alkanes) is 1. The molecule has 108 valence electrons. The number of imidazole rings is 1. The van der Waals surface area contributed by atoms with Crippen LogP contribution in [-0.4, -0.2) is 48.4 Å². The van der Waals surface area contributed by atoms with Crippen LogP contribution in [-0.2, 0) is 20.8 Å². The van der Waals surface area contributed by atoms with Gasteiger partial charge in [0.25, 0.3) is 0 Å². The third-order valence-electron chi connectivity index (χ3n) is 2.53. The van der Waals surface area contributed by atoms with Gasteiger partial charge in [-0.15, -0.1) is 0 Å². The van der Waals surface area contributed by atoms with E-state index in [4.69, 9.17) is 9.47 Å². The first-order valence-corrected chi connectivity index (χ1v) is 6.72. The predicted molar refractivity (Wildman–Crippen MR) is 71.8 cm³/mol. The van der Waals surface area contributed by atoms with Crippen LogP contribution in [0.1, 0.15) is 19.8 Å². The molecule has 1 aromatic rings. The maximum Gasteiger partial charge on any atom is 0.332 e. The smallest absolute Gasteiger partial charge is 0.332 e. The van der Waals surface area contributed by atoms with Gasteiger partial charge in [-0.25, -0.2) is 9.78 Å². The highest BCUT2D eigenvalue weighted by atomic mass is 16.6. The fourth-order valence-corrected chi connectivity index (χ4v) is 1.59. The minimum absolute atomic E-state index is 0.0378. The summed E-state index contributed by atoms with van der Waals surface area (Å²) in [4.78, 5) is 14.9. The van der Waals surface area contributed by atoms with E-state index in [2.05, 4.69) is 14.9 Å². The molecule has 0 saturated heterocycles. The fourth-order valence-electron chi connectivity index (χ4n) is 1.59. The van der Waals surface area contributed by atoms with Crippen molar-refractivity contribution in [1.82, 2.24) is 14.9 Å². The quantitative estimate of drug-likeness (QED) is 0.476. The molecule has 0 unspecified atom stereocenters. The number of nitrogens with zero attached hydrogens (tertiary/aromatic N) is 2. The van der Waals surface area contributed by atoms with Crippen LogP contribution in [0, 0.1) is 0 Å². The van der Waals surface area contributed by atoms with E-state index in [9.17, 15) is 4.79 Å². The highest BCUT2D eigenvalue weighted by Gasteiger charge is 2.00. The lowest BCUT2D eigenvalue weighted by molar-refractivity contribution is -0.148. The molecular weight excluding hydrogens is 246 g/mol. The van der Waals surface area contributed by atoms with Crippen molar-refractivity contribution in [2.24, 2.45) is 0 Å². The Morgan fingerprint density at radius 1 is 1.37 bits per heavy atom. The zero-order chi connectivity index (χ0) is 13.8. The summed E-state index contributed by atoms with van der Waals surface area (Å²) in [5.74, 6) is -0.303. The van der Waals surface area contributed by atoms with Crippen molar-refractivity contribution in [3.8, 4) is 0 Å². The van der Waals surface area contributed by atoms with E-state index in [0.29, 0.717) is 13.2 Å². The molecule has 19 heavy (non-hydrogen) atoms. The second kappa shape index (κ2) is 10.5. The van der Waals surface area contributed by atoms with E-state index in [0.717, 1.165) is 32.5 Å². The van der Waals surface area contributed by atoms with Crippen molar-refractivity contribution in [3.63, 3.8) is 0 Å². The molecule has 0 aliphatic rings. The average molecular weight is 269 g/mol. The molecule has 1 N–H and O–H groups in total. The van der Waals surface area contributed by atoms with Crippen LogP contribution in [0.2, 0.25) is 0 Å². The van der Waals surface area contributed by atoms with Gasteiger partial charge >= 0.3 is 5.97 Å². The van der Waals surface area contributed by atoms with Gasteiger partial charge in [-0.3, -0.25) is 0 Å². The standard InChI is InChI=1S/C13H23N3O3/c1-2-19-13(17)11-18-10-7-14-5-3-4-8-16-9-6-15-12-16/h6,9,12,14H,2-5,7-8,10-11H2,1H3. The number of esters is 1. The van der Waals surface area contributed by atoms with Gasteiger partial charge in [-0.2, -0.15) is 0 Å². The molecule has 0 aromatic carbocycles. The lowest BCUT2D eigenvalue weighted by Gasteiger charge is -2.06. The molecule has 0 aliphatic carbocycles. The fraction of sp³-hybridized carbons (Fsp3) is 0.692. The third kappa shape index (κ3) is 8.34. The number of aromatic nitrogens is 2. The maximum atomic E-state index is 11.0. The van der Waals surface area contributed by atoms with Crippen molar-refractivity contribution in [2.75, 3.05) is 32.9 Å². The molecule has 1 aromatic heterocycles. The molecule has 6 heteroatoms. The Balaban J connectivity index is 1.80. The molecule has 0 spiro atoms. The monoisotopic (exact) mass is 269 g/mol. The molecule has 0 saturated carbocycles. The Kier molecular flexibility index (Phi) is 8.67. The largest absolute Gasteiger partial charge is 0.464 e. The lowest BCUT2D eigenvalue weighted by atomic mass is 10.3. The van der Waals surface area contributed by atoms with Gasteiger partial charge in [-0.1, -0.05) is 0 Å². The third-order valence-corrected chi connectivity index (χ3v) is 2.53. The average Bonchev–Trinajstić information content (AvgIpc) is 2.90. The van der Waals surface area contributed by atoms with E-state index in [1.807, 2.05) is 12.5 Å². The minimum Gasteiger partial charge on any atom is -0.464 e. The number of aryl methyl sites for hydroxylation is 1. The van der Waals surface area contributed by atoms with Crippen molar-refractivity contribution < 1.29 is 14.3 Å². The van der Waals surface area contributed by atoms with Crippen molar-refractivity contribution in [1.29, 1.82) is 0 Å². The van der Waals surface area contributed by atoms with Gasteiger partial charge in [0.2, 0.25) is 0 Å². The molecular formula is C13H23N3O3. The van der Waals surface area contributed by atoms with Gasteiger partial charge in [0, 0.05) is 25.5 Å². The number of hydrogen-bond acceptors (Lipinski definition) is 5. The van der Waals surface area contributed by atoms with Crippen LogP contribution in [0.15, 0.2) is 18.7 Å². The second-order valence-corrected chi connectivity index (χ2v) is 4.12. The van der Waals surface area contributed by atoms with Crippen LogP contribution in [0.5, 0.6) is 0 Å². The van der Waals surface area contributed by atoms with Crippen LogP contribution in [0.25, 0.3) is 0 Å². The zero-order valence-electron chi connectivity index (χ0n) is 11.5. The van der Waals surface area contributed by atoms with Crippen LogP contribution < -0.4 is 5.32 Å². The molecule has 0 atom stereocenters. The predicted octanol–water partition coefficient (Wildman–Crippen LogP) is 0.833. The summed E-state index contributed by atoms with van der Waals surface area (Å²) >= 11 is 0. The number of carbonyl (C=O) groups is 1. The van der Waals surface area contributed by atoms with E-state index < -0.39 is 0 Å². The first-order valence-electron chi connectivity index (χ1n) is 6.72. The van der Waals surface area contributed by atoms with Gasteiger partial charge in [0.1, 0.15) is 6.61 Å². The van der Waals surface area contributed by atoms with Crippen LogP contribution in [0.4, 0.5) is 0 Å². The van der Waals surface area contributed by atoms with Crippen LogP contribution >= 0.6 is 0 Å². The Labute approximate surface area is 114 Å². The van der Waals surface area contributed by atoms with Crippen molar-refractivity contribution >= 4 is 5.97 Å². The maximum absolute atomic E-state index is 11.0. The Morgan fingerprint density at radius 3 is 3.00 bits per heavy atom. The molecule has 0 fully saturated rings. The van der Waals surface area contributed by atoms with E-state index in [1.165, 1.54) is 0 Å². The molecule has 0 amide bonds. The number of hydrogen-bond donors (Lipinski definition) is 1. The van der Waals surface area contributed by atoms with Gasteiger partial charge < -0.3 is 19.4 Å². The molecule has 0 radical (unpaired) electrons. The number of nitrogens with one attached hydrogen (secondary N) is 1. The highest BCUT2D eigenvalue weighted by molar-refractivity contribution is 5.70. The summed E-state index contributed by atoms with van der Waals surface area (Å²) in [7, 11) is 0. The molecule has 6 nitrogen and oxygen atoms in total. The van der Waals surface area contributed by atoms with Crippen molar-refractivity contribution in [3.05, 3.63) is 18.7 Å².